The monoisotopic (exact) mass is 341 g/mol. The van der Waals surface area contributed by atoms with Crippen LogP contribution in [0.1, 0.15) is 5.56 Å². The first-order valence-electron chi connectivity index (χ1n) is 6.37. The summed E-state index contributed by atoms with van der Waals surface area (Å²) in [5.74, 6) is 0. The van der Waals surface area contributed by atoms with Gasteiger partial charge in [0, 0.05) is 16.0 Å². The van der Waals surface area contributed by atoms with Crippen molar-refractivity contribution in [1.29, 1.82) is 0 Å². The van der Waals surface area contributed by atoms with E-state index in [0.29, 0.717) is 16.5 Å². The van der Waals surface area contributed by atoms with Crippen LogP contribution in [0.4, 0.5) is 0 Å². The summed E-state index contributed by atoms with van der Waals surface area (Å²) >= 11 is 7.78. The van der Waals surface area contributed by atoms with Crippen LogP contribution < -0.4 is 5.73 Å². The minimum Gasteiger partial charge on any atom is -0.330 e. The van der Waals surface area contributed by atoms with Crippen molar-refractivity contribution < 1.29 is 8.42 Å². The molecule has 21 heavy (non-hydrogen) atoms. The third-order valence-corrected chi connectivity index (χ3v) is 5.68. The van der Waals surface area contributed by atoms with E-state index in [4.69, 9.17) is 17.3 Å². The minimum atomic E-state index is -3.17. The zero-order chi connectivity index (χ0) is 15.5. The van der Waals surface area contributed by atoms with E-state index in [1.54, 1.807) is 24.3 Å². The molecule has 0 aromatic heterocycles. The van der Waals surface area contributed by atoms with Gasteiger partial charge in [-0.2, -0.15) is 0 Å². The average molecular weight is 342 g/mol. The van der Waals surface area contributed by atoms with Crippen LogP contribution in [0.3, 0.4) is 0 Å². The van der Waals surface area contributed by atoms with E-state index in [9.17, 15) is 8.42 Å². The van der Waals surface area contributed by atoms with Gasteiger partial charge in [0.05, 0.1) is 9.92 Å². The molecule has 0 heterocycles. The molecule has 112 valence electrons. The minimum absolute atomic E-state index is 0.313. The Hall–Kier alpha value is -1.01. The molecular weight excluding hydrogens is 326 g/mol. The first kappa shape index (κ1) is 16.4. The zero-order valence-corrected chi connectivity index (χ0v) is 13.9. The van der Waals surface area contributed by atoms with Crippen LogP contribution in [0.25, 0.3) is 0 Å². The molecule has 2 aromatic rings. The van der Waals surface area contributed by atoms with Gasteiger partial charge in [0.1, 0.15) is 0 Å². The fourth-order valence-electron chi connectivity index (χ4n) is 1.89. The Labute approximate surface area is 134 Å². The number of sulfone groups is 1. The third kappa shape index (κ3) is 4.23. The van der Waals surface area contributed by atoms with Gasteiger partial charge in [-0.1, -0.05) is 35.5 Å². The third-order valence-electron chi connectivity index (χ3n) is 2.93. The maximum absolute atomic E-state index is 11.5. The summed E-state index contributed by atoms with van der Waals surface area (Å²) in [7, 11) is -3.17. The molecule has 0 bridgehead atoms. The van der Waals surface area contributed by atoms with Crippen LogP contribution in [0.5, 0.6) is 0 Å². The lowest BCUT2D eigenvalue weighted by molar-refractivity contribution is 0.602. The van der Waals surface area contributed by atoms with E-state index < -0.39 is 9.84 Å². The average Bonchev–Trinajstić information content (AvgIpc) is 2.42. The lowest BCUT2D eigenvalue weighted by Crippen LogP contribution is -2.03. The van der Waals surface area contributed by atoms with Gasteiger partial charge < -0.3 is 5.73 Å². The van der Waals surface area contributed by atoms with Gasteiger partial charge in [-0.05, 0) is 48.9 Å². The Bertz CT molecular complexity index is 728. The molecule has 3 nitrogen and oxygen atoms in total. The van der Waals surface area contributed by atoms with Crippen molar-refractivity contribution in [1.82, 2.24) is 0 Å². The molecule has 0 saturated heterocycles. The summed E-state index contributed by atoms with van der Waals surface area (Å²) in [5.41, 5.74) is 6.72. The maximum atomic E-state index is 11.5. The molecule has 0 fully saturated rings. The largest absolute Gasteiger partial charge is 0.330 e. The van der Waals surface area contributed by atoms with Crippen molar-refractivity contribution in [2.24, 2.45) is 5.73 Å². The quantitative estimate of drug-likeness (QED) is 0.905. The first-order chi connectivity index (χ1) is 9.91. The molecule has 0 radical (unpaired) electrons. The fourth-order valence-corrected chi connectivity index (χ4v) is 3.81. The highest BCUT2D eigenvalue weighted by molar-refractivity contribution is 7.99. The second-order valence-corrected chi connectivity index (χ2v) is 8.12. The predicted octanol–water partition coefficient (Wildman–Crippen LogP) is 3.40. The van der Waals surface area contributed by atoms with E-state index in [1.165, 1.54) is 18.0 Å². The van der Waals surface area contributed by atoms with Crippen LogP contribution in [0.2, 0.25) is 5.02 Å². The summed E-state index contributed by atoms with van der Waals surface area (Å²) in [6.07, 6.45) is 1.95. The van der Waals surface area contributed by atoms with Crippen molar-refractivity contribution in [3.05, 3.63) is 53.1 Å². The number of nitrogens with two attached hydrogens (primary N) is 1. The molecule has 0 aliphatic carbocycles. The fraction of sp³-hybridized carbons (Fsp3) is 0.200. The van der Waals surface area contributed by atoms with E-state index in [0.717, 1.165) is 21.8 Å². The molecular formula is C15H16ClNO2S2. The number of rotatable bonds is 5. The molecule has 0 atom stereocenters. The van der Waals surface area contributed by atoms with Crippen molar-refractivity contribution in [3.63, 3.8) is 0 Å². The first-order valence-corrected chi connectivity index (χ1v) is 9.46. The maximum Gasteiger partial charge on any atom is 0.175 e. The number of benzene rings is 2. The van der Waals surface area contributed by atoms with E-state index in [2.05, 4.69) is 0 Å². The standard InChI is InChI=1S/C15H16ClNO2S2/c1-21(18,19)13-7-5-12(6-8-13)20-15-11(9-10-17)3-2-4-14(15)16/h2-8H,9-10,17H2,1H3. The van der Waals surface area contributed by atoms with Gasteiger partial charge in [0.2, 0.25) is 0 Å². The summed E-state index contributed by atoms with van der Waals surface area (Å²) in [5, 5.41) is 0.679. The molecule has 0 unspecified atom stereocenters. The summed E-state index contributed by atoms with van der Waals surface area (Å²) in [4.78, 5) is 2.22. The van der Waals surface area contributed by atoms with Crippen LogP contribution in [0.15, 0.2) is 57.2 Å². The number of hydrogen-bond acceptors (Lipinski definition) is 4. The zero-order valence-electron chi connectivity index (χ0n) is 11.5. The predicted molar refractivity (Wildman–Crippen MR) is 87.9 cm³/mol. The SMILES string of the molecule is CS(=O)(=O)c1ccc(Sc2c(Cl)cccc2CCN)cc1. The van der Waals surface area contributed by atoms with E-state index in [-0.39, 0.29) is 0 Å². The lowest BCUT2D eigenvalue weighted by Gasteiger charge is -2.10. The summed E-state index contributed by atoms with van der Waals surface area (Å²) < 4.78 is 22.9. The van der Waals surface area contributed by atoms with Crippen molar-refractivity contribution in [2.45, 2.75) is 21.1 Å². The topological polar surface area (TPSA) is 60.2 Å². The molecule has 0 aliphatic heterocycles. The van der Waals surface area contributed by atoms with Crippen LogP contribution in [0, 0.1) is 0 Å². The molecule has 0 spiro atoms. The highest BCUT2D eigenvalue weighted by atomic mass is 35.5. The summed E-state index contributed by atoms with van der Waals surface area (Å²) in [6, 6.07) is 12.5. The van der Waals surface area contributed by atoms with Crippen LogP contribution in [-0.4, -0.2) is 21.2 Å². The number of halogens is 1. The van der Waals surface area contributed by atoms with Gasteiger partial charge in [-0.25, -0.2) is 8.42 Å². The number of hydrogen-bond donors (Lipinski definition) is 1. The molecule has 2 N–H and O–H groups in total. The van der Waals surface area contributed by atoms with E-state index in [1.807, 2.05) is 18.2 Å². The summed E-state index contributed by atoms with van der Waals surface area (Å²) in [6.45, 7) is 0.556. The van der Waals surface area contributed by atoms with Crippen molar-refractivity contribution in [3.8, 4) is 0 Å². The van der Waals surface area contributed by atoms with Crippen molar-refractivity contribution >= 4 is 33.2 Å². The Morgan fingerprint density at radius 1 is 1.14 bits per heavy atom. The van der Waals surface area contributed by atoms with Gasteiger partial charge in [0.25, 0.3) is 0 Å². The highest BCUT2D eigenvalue weighted by Crippen LogP contribution is 2.36. The van der Waals surface area contributed by atoms with Gasteiger partial charge >= 0.3 is 0 Å². The van der Waals surface area contributed by atoms with Crippen LogP contribution in [-0.2, 0) is 16.3 Å². The van der Waals surface area contributed by atoms with Gasteiger partial charge in [-0.15, -0.1) is 0 Å². The molecule has 6 heteroatoms. The van der Waals surface area contributed by atoms with Gasteiger partial charge in [-0.3, -0.25) is 0 Å². The van der Waals surface area contributed by atoms with Crippen LogP contribution >= 0.6 is 23.4 Å². The van der Waals surface area contributed by atoms with E-state index >= 15 is 0 Å². The Kier molecular flexibility index (Phi) is 5.32. The van der Waals surface area contributed by atoms with Crippen molar-refractivity contribution in [2.75, 3.05) is 12.8 Å². The molecule has 2 rings (SSSR count). The Morgan fingerprint density at radius 3 is 2.38 bits per heavy atom. The Balaban J connectivity index is 2.30. The van der Waals surface area contributed by atoms with Gasteiger partial charge in [0.15, 0.2) is 9.84 Å². The molecule has 0 saturated carbocycles. The smallest absolute Gasteiger partial charge is 0.175 e. The Morgan fingerprint density at radius 2 is 1.81 bits per heavy atom. The molecule has 0 amide bonds. The highest BCUT2D eigenvalue weighted by Gasteiger charge is 2.10. The second kappa shape index (κ2) is 6.83. The lowest BCUT2D eigenvalue weighted by atomic mass is 10.1. The molecule has 0 aliphatic rings. The second-order valence-electron chi connectivity index (χ2n) is 4.61. The normalized spacial score (nSPS) is 11.6. The molecule has 2 aromatic carbocycles.